The molecule has 0 radical (unpaired) electrons. The quantitative estimate of drug-likeness (QED) is 0.366. The lowest BCUT2D eigenvalue weighted by molar-refractivity contribution is 0.296. The van der Waals surface area contributed by atoms with Crippen LogP contribution in [0.15, 0.2) is 30.3 Å². The molecular formula is C22H29ClN4O. The zero-order valence-electron chi connectivity index (χ0n) is 17.0. The number of anilines is 1. The van der Waals surface area contributed by atoms with Crippen LogP contribution >= 0.6 is 11.6 Å². The van der Waals surface area contributed by atoms with E-state index in [0.29, 0.717) is 10.9 Å². The first-order valence-electron chi connectivity index (χ1n) is 10.1. The van der Waals surface area contributed by atoms with Crippen LogP contribution in [0.4, 0.5) is 5.69 Å². The van der Waals surface area contributed by atoms with Gasteiger partial charge >= 0.3 is 0 Å². The Morgan fingerprint density at radius 3 is 2.57 bits per heavy atom. The second-order valence-electron chi connectivity index (χ2n) is 6.88. The van der Waals surface area contributed by atoms with Crippen LogP contribution in [0.1, 0.15) is 33.1 Å². The topological polar surface area (TPSA) is 50.3 Å². The van der Waals surface area contributed by atoms with E-state index in [-0.39, 0.29) is 0 Å². The summed E-state index contributed by atoms with van der Waals surface area (Å²) < 4.78 is 5.32. The van der Waals surface area contributed by atoms with Gasteiger partial charge in [-0.2, -0.15) is 0 Å². The minimum atomic E-state index is 0.588. The highest BCUT2D eigenvalue weighted by Gasteiger charge is 2.12. The van der Waals surface area contributed by atoms with Gasteiger partial charge in [0.2, 0.25) is 5.88 Å². The number of unbranched alkanes of at least 4 members (excludes halogenated alkanes) is 2. The SMILES string of the molecule is CCN(CC)CCCCCNc1c2ccc(Cl)cc2nc2ccc(OC)nc12. The highest BCUT2D eigenvalue weighted by atomic mass is 35.5. The molecule has 3 aromatic rings. The minimum Gasteiger partial charge on any atom is -0.481 e. The van der Waals surface area contributed by atoms with Gasteiger partial charge in [-0.15, -0.1) is 0 Å². The molecule has 0 aliphatic rings. The van der Waals surface area contributed by atoms with E-state index >= 15 is 0 Å². The van der Waals surface area contributed by atoms with Crippen molar-refractivity contribution in [3.63, 3.8) is 0 Å². The number of benzene rings is 1. The summed E-state index contributed by atoms with van der Waals surface area (Å²) in [5, 5.41) is 5.31. The number of nitrogens with zero attached hydrogens (tertiary/aromatic N) is 3. The van der Waals surface area contributed by atoms with Gasteiger partial charge in [0.15, 0.2) is 0 Å². The molecule has 2 heterocycles. The number of methoxy groups -OCH3 is 1. The van der Waals surface area contributed by atoms with Gasteiger partial charge in [0.25, 0.3) is 0 Å². The molecule has 0 saturated carbocycles. The van der Waals surface area contributed by atoms with Crippen LogP contribution < -0.4 is 10.1 Å². The molecule has 0 aliphatic carbocycles. The smallest absolute Gasteiger partial charge is 0.213 e. The van der Waals surface area contributed by atoms with Gasteiger partial charge in [0.05, 0.1) is 23.8 Å². The van der Waals surface area contributed by atoms with Gasteiger partial charge in [0.1, 0.15) is 5.52 Å². The molecule has 150 valence electrons. The van der Waals surface area contributed by atoms with Crippen molar-refractivity contribution < 1.29 is 4.74 Å². The number of fused-ring (bicyclic) bond motifs is 2. The van der Waals surface area contributed by atoms with Crippen LogP contribution in [-0.2, 0) is 0 Å². The summed E-state index contributed by atoms with van der Waals surface area (Å²) in [5.74, 6) is 0.588. The third-order valence-electron chi connectivity index (χ3n) is 5.11. The predicted molar refractivity (Wildman–Crippen MR) is 119 cm³/mol. The second-order valence-corrected chi connectivity index (χ2v) is 7.32. The number of aromatic nitrogens is 2. The van der Waals surface area contributed by atoms with Gasteiger partial charge < -0.3 is 15.0 Å². The van der Waals surface area contributed by atoms with Crippen molar-refractivity contribution in [2.45, 2.75) is 33.1 Å². The number of halogens is 1. The standard InChI is InChI=1S/C22H29ClN4O/c1-4-27(5-2)14-8-6-7-13-24-21-17-10-9-16(23)15-19(17)25-18-11-12-20(28-3)26-22(18)21/h9-12,15H,4-8,13-14H2,1-3H3,(H,24,25). The van der Waals surface area contributed by atoms with E-state index in [2.05, 4.69) is 29.0 Å². The molecule has 0 atom stereocenters. The first-order chi connectivity index (χ1) is 13.7. The molecule has 0 bridgehead atoms. The molecular weight excluding hydrogens is 372 g/mol. The Kier molecular flexibility index (Phi) is 7.29. The van der Waals surface area contributed by atoms with Crippen LogP contribution in [0.5, 0.6) is 5.88 Å². The zero-order valence-corrected chi connectivity index (χ0v) is 17.7. The first-order valence-corrected chi connectivity index (χ1v) is 10.4. The molecule has 1 aromatic carbocycles. The van der Waals surface area contributed by atoms with Crippen molar-refractivity contribution in [2.24, 2.45) is 0 Å². The highest BCUT2D eigenvalue weighted by molar-refractivity contribution is 6.31. The van der Waals surface area contributed by atoms with E-state index in [4.69, 9.17) is 21.3 Å². The van der Waals surface area contributed by atoms with Crippen LogP contribution in [0.25, 0.3) is 21.9 Å². The second kappa shape index (κ2) is 9.89. The van der Waals surface area contributed by atoms with Crippen LogP contribution in [0, 0.1) is 0 Å². The fraction of sp³-hybridized carbons (Fsp3) is 0.455. The number of hydrogen-bond donors (Lipinski definition) is 1. The molecule has 3 rings (SSSR count). The van der Waals surface area contributed by atoms with Crippen molar-refractivity contribution in [1.82, 2.24) is 14.9 Å². The number of hydrogen-bond acceptors (Lipinski definition) is 5. The van der Waals surface area contributed by atoms with Gasteiger partial charge in [0, 0.05) is 23.0 Å². The minimum absolute atomic E-state index is 0.588. The normalized spacial score (nSPS) is 11.5. The summed E-state index contributed by atoms with van der Waals surface area (Å²) in [6.45, 7) is 8.76. The molecule has 6 heteroatoms. The van der Waals surface area contributed by atoms with Gasteiger partial charge in [-0.05, 0) is 56.7 Å². The molecule has 1 N–H and O–H groups in total. The Hall–Kier alpha value is -2.11. The third kappa shape index (κ3) is 4.83. The van der Waals surface area contributed by atoms with E-state index in [1.807, 2.05) is 30.3 Å². The Balaban J connectivity index is 1.77. The molecule has 5 nitrogen and oxygen atoms in total. The van der Waals surface area contributed by atoms with Gasteiger partial charge in [-0.1, -0.05) is 31.9 Å². The lowest BCUT2D eigenvalue weighted by Gasteiger charge is -2.17. The summed E-state index contributed by atoms with van der Waals surface area (Å²) in [6, 6.07) is 9.58. The number of rotatable bonds is 10. The average Bonchev–Trinajstić information content (AvgIpc) is 2.72. The van der Waals surface area contributed by atoms with E-state index < -0.39 is 0 Å². The first kappa shape index (κ1) is 20.6. The number of pyridine rings is 2. The van der Waals surface area contributed by atoms with Crippen molar-refractivity contribution >= 4 is 39.2 Å². The zero-order chi connectivity index (χ0) is 19.9. The van der Waals surface area contributed by atoms with E-state index in [1.54, 1.807) is 7.11 Å². The van der Waals surface area contributed by atoms with Crippen molar-refractivity contribution in [3.05, 3.63) is 35.4 Å². The van der Waals surface area contributed by atoms with Crippen molar-refractivity contribution in [3.8, 4) is 5.88 Å². The molecule has 0 amide bonds. The van der Waals surface area contributed by atoms with Gasteiger partial charge in [-0.25, -0.2) is 9.97 Å². The molecule has 0 fully saturated rings. The van der Waals surface area contributed by atoms with E-state index in [9.17, 15) is 0 Å². The monoisotopic (exact) mass is 400 g/mol. The van der Waals surface area contributed by atoms with Crippen LogP contribution in [0.3, 0.4) is 0 Å². The summed E-state index contributed by atoms with van der Waals surface area (Å²) in [5.41, 5.74) is 3.53. The molecule has 0 spiro atoms. The fourth-order valence-electron chi connectivity index (χ4n) is 3.46. The summed E-state index contributed by atoms with van der Waals surface area (Å²) >= 11 is 6.18. The van der Waals surface area contributed by atoms with Gasteiger partial charge in [-0.3, -0.25) is 0 Å². The Morgan fingerprint density at radius 1 is 1.00 bits per heavy atom. The van der Waals surface area contributed by atoms with E-state index in [1.165, 1.54) is 19.4 Å². The lowest BCUT2D eigenvalue weighted by atomic mass is 10.1. The molecule has 2 aromatic heterocycles. The van der Waals surface area contributed by atoms with Crippen molar-refractivity contribution in [1.29, 1.82) is 0 Å². The molecule has 28 heavy (non-hydrogen) atoms. The molecule has 0 aliphatic heterocycles. The third-order valence-corrected chi connectivity index (χ3v) is 5.35. The maximum Gasteiger partial charge on any atom is 0.213 e. The summed E-state index contributed by atoms with van der Waals surface area (Å²) in [6.07, 6.45) is 3.54. The average molecular weight is 401 g/mol. The van der Waals surface area contributed by atoms with E-state index in [0.717, 1.165) is 53.7 Å². The summed E-state index contributed by atoms with van der Waals surface area (Å²) in [7, 11) is 1.63. The van der Waals surface area contributed by atoms with Crippen LogP contribution in [0.2, 0.25) is 5.02 Å². The lowest BCUT2D eigenvalue weighted by Crippen LogP contribution is -2.23. The number of ether oxygens (including phenoxy) is 1. The largest absolute Gasteiger partial charge is 0.481 e. The van der Waals surface area contributed by atoms with Crippen molar-refractivity contribution in [2.75, 3.05) is 38.6 Å². The number of nitrogens with one attached hydrogen (secondary N) is 1. The molecule has 0 unspecified atom stereocenters. The Bertz CT molecular complexity index is 927. The Morgan fingerprint density at radius 2 is 1.82 bits per heavy atom. The van der Waals surface area contributed by atoms with Crippen LogP contribution in [-0.4, -0.2) is 48.2 Å². The summed E-state index contributed by atoms with van der Waals surface area (Å²) in [4.78, 5) is 11.8. The molecule has 0 saturated heterocycles. The highest BCUT2D eigenvalue weighted by Crippen LogP contribution is 2.32. The maximum absolute atomic E-state index is 6.18. The fourth-order valence-corrected chi connectivity index (χ4v) is 3.62. The maximum atomic E-state index is 6.18. The predicted octanol–water partition coefficient (Wildman–Crippen LogP) is 5.37. The Labute approximate surface area is 172 Å².